The van der Waals surface area contributed by atoms with Crippen LogP contribution in [0.25, 0.3) is 11.1 Å². The fraction of sp³-hybridized carbons (Fsp3) is 0.500. The van der Waals surface area contributed by atoms with Gasteiger partial charge in [-0.15, -0.1) is 0 Å². The fourth-order valence-electron chi connectivity index (χ4n) is 2.16. The summed E-state index contributed by atoms with van der Waals surface area (Å²) in [4.78, 5) is 20.0. The van der Waals surface area contributed by atoms with Crippen molar-refractivity contribution >= 4 is 22.7 Å². The monoisotopic (exact) mass is 277 g/mol. The van der Waals surface area contributed by atoms with Gasteiger partial charge in [0.1, 0.15) is 17.9 Å². The zero-order valence-electron chi connectivity index (χ0n) is 11.9. The van der Waals surface area contributed by atoms with Crippen molar-refractivity contribution in [3.63, 3.8) is 0 Å². The number of carbonyl (C=O) groups is 1. The zero-order chi connectivity index (χ0) is 14.7. The molecule has 0 aliphatic carbocycles. The number of hydrogen-bond donors (Lipinski definition) is 2. The van der Waals surface area contributed by atoms with Gasteiger partial charge in [0.2, 0.25) is 5.71 Å². The molecule has 108 valence electrons. The normalized spacial score (nSPS) is 12.6. The van der Waals surface area contributed by atoms with Crippen molar-refractivity contribution < 1.29 is 14.3 Å². The lowest BCUT2D eigenvalue weighted by Crippen LogP contribution is -2.13. The number of nitrogens with zero attached hydrogens (tertiary/aromatic N) is 2. The van der Waals surface area contributed by atoms with E-state index in [-0.39, 0.29) is 11.9 Å². The summed E-state index contributed by atoms with van der Waals surface area (Å²) in [5.74, 6) is 1.04. The number of fused-ring (bicyclic) bond motifs is 1. The van der Waals surface area contributed by atoms with E-state index >= 15 is 0 Å². The highest BCUT2D eigenvalue weighted by molar-refractivity contribution is 6.09. The molecule has 1 unspecified atom stereocenters. The molecule has 0 fully saturated rings. The second-order valence-corrected chi connectivity index (χ2v) is 4.77. The lowest BCUT2D eigenvalue weighted by Gasteiger charge is -2.09. The molecule has 0 aromatic carbocycles. The van der Waals surface area contributed by atoms with E-state index in [1.54, 1.807) is 6.92 Å². The number of furan rings is 1. The highest BCUT2D eigenvalue weighted by atomic mass is 16.3. The highest BCUT2D eigenvalue weighted by Crippen LogP contribution is 2.29. The Morgan fingerprint density at radius 3 is 2.90 bits per heavy atom. The van der Waals surface area contributed by atoms with Crippen molar-refractivity contribution in [1.82, 2.24) is 9.97 Å². The van der Waals surface area contributed by atoms with Gasteiger partial charge in [-0.2, -0.15) is 0 Å². The van der Waals surface area contributed by atoms with Gasteiger partial charge in [-0.3, -0.25) is 4.79 Å². The molecule has 0 amide bonds. The van der Waals surface area contributed by atoms with Crippen LogP contribution in [0, 0.1) is 6.92 Å². The second-order valence-electron chi connectivity index (χ2n) is 4.77. The molecular weight excluding hydrogens is 258 g/mol. The minimum absolute atomic E-state index is 0.0762. The average Bonchev–Trinajstić information content (AvgIpc) is 2.75. The smallest absolute Gasteiger partial charge is 0.232 e. The Morgan fingerprint density at radius 1 is 1.50 bits per heavy atom. The molecule has 0 aliphatic rings. The van der Waals surface area contributed by atoms with Crippen LogP contribution >= 0.6 is 0 Å². The number of aryl methyl sites for hydroxylation is 1. The van der Waals surface area contributed by atoms with Crippen LogP contribution in [0.1, 0.15) is 42.8 Å². The van der Waals surface area contributed by atoms with Crippen molar-refractivity contribution in [2.45, 2.75) is 39.7 Å². The number of carbonyl (C=O) groups excluding carboxylic acids is 1. The molecule has 0 saturated heterocycles. The maximum Gasteiger partial charge on any atom is 0.232 e. The first-order chi connectivity index (χ1) is 9.54. The van der Waals surface area contributed by atoms with Crippen LogP contribution in [0.2, 0.25) is 0 Å². The van der Waals surface area contributed by atoms with Gasteiger partial charge in [-0.25, -0.2) is 9.97 Å². The van der Waals surface area contributed by atoms with E-state index in [9.17, 15) is 9.90 Å². The number of nitrogens with one attached hydrogen (secondary N) is 1. The van der Waals surface area contributed by atoms with Crippen LogP contribution in [-0.2, 0) is 0 Å². The summed E-state index contributed by atoms with van der Waals surface area (Å²) in [5, 5.41) is 13.3. The molecule has 6 heteroatoms. The lowest BCUT2D eigenvalue weighted by atomic mass is 10.1. The first-order valence-corrected chi connectivity index (χ1v) is 6.71. The molecule has 0 bridgehead atoms. The van der Waals surface area contributed by atoms with Crippen molar-refractivity contribution in [2.75, 3.05) is 11.9 Å². The quantitative estimate of drug-likeness (QED) is 0.788. The van der Waals surface area contributed by atoms with Gasteiger partial charge in [0.05, 0.1) is 17.1 Å². The standard InChI is InChI=1S/C14H19N3O3/c1-4-10(19)5-6-15-13-12-11(8(2)18)9(3)20-14(12)17-7-16-13/h7,10,19H,4-6H2,1-3H3,(H,15,16,17). The van der Waals surface area contributed by atoms with Gasteiger partial charge >= 0.3 is 0 Å². The Balaban J connectivity index is 2.31. The van der Waals surface area contributed by atoms with E-state index in [0.29, 0.717) is 47.6 Å². The van der Waals surface area contributed by atoms with Gasteiger partial charge in [0.15, 0.2) is 5.78 Å². The summed E-state index contributed by atoms with van der Waals surface area (Å²) in [7, 11) is 0. The Bertz CT molecular complexity index is 621. The second kappa shape index (κ2) is 6.00. The molecule has 2 aromatic heterocycles. The Kier molecular flexibility index (Phi) is 4.34. The number of aromatic nitrogens is 2. The minimum Gasteiger partial charge on any atom is -0.442 e. The predicted octanol–water partition coefficient (Wildman–Crippen LogP) is 2.31. The SMILES string of the molecule is CCC(O)CCNc1ncnc2oc(C)c(C(C)=O)c12. The molecule has 0 radical (unpaired) electrons. The van der Waals surface area contributed by atoms with Gasteiger partial charge in [0.25, 0.3) is 0 Å². The summed E-state index contributed by atoms with van der Waals surface area (Å²) in [6, 6.07) is 0. The number of hydrogen-bond acceptors (Lipinski definition) is 6. The summed E-state index contributed by atoms with van der Waals surface area (Å²) >= 11 is 0. The number of anilines is 1. The number of rotatable bonds is 6. The number of aliphatic hydroxyl groups excluding tert-OH is 1. The van der Waals surface area contributed by atoms with Crippen LogP contribution in [0.3, 0.4) is 0 Å². The predicted molar refractivity (Wildman–Crippen MR) is 76.0 cm³/mol. The van der Waals surface area contributed by atoms with Gasteiger partial charge in [0, 0.05) is 6.54 Å². The minimum atomic E-state index is -0.335. The van der Waals surface area contributed by atoms with Gasteiger partial charge in [-0.1, -0.05) is 6.92 Å². The molecular formula is C14H19N3O3. The lowest BCUT2D eigenvalue weighted by molar-refractivity contribution is 0.101. The van der Waals surface area contributed by atoms with Crippen molar-refractivity contribution in [3.8, 4) is 0 Å². The average molecular weight is 277 g/mol. The molecule has 2 N–H and O–H groups in total. The Labute approximate surface area is 117 Å². The molecule has 0 saturated carbocycles. The molecule has 0 aliphatic heterocycles. The van der Waals surface area contributed by atoms with E-state index in [2.05, 4.69) is 15.3 Å². The number of aliphatic hydroxyl groups is 1. The Morgan fingerprint density at radius 2 is 2.25 bits per heavy atom. The van der Waals surface area contributed by atoms with Gasteiger partial charge in [-0.05, 0) is 26.7 Å². The first kappa shape index (κ1) is 14.5. The van der Waals surface area contributed by atoms with Crippen LogP contribution in [0.5, 0.6) is 0 Å². The molecule has 2 aromatic rings. The Hall–Kier alpha value is -1.95. The molecule has 2 heterocycles. The van der Waals surface area contributed by atoms with Crippen LogP contribution < -0.4 is 5.32 Å². The summed E-state index contributed by atoms with van der Waals surface area (Å²) in [6.07, 6.45) is 2.39. The third kappa shape index (κ3) is 2.80. The molecule has 2 rings (SSSR count). The van der Waals surface area contributed by atoms with E-state index in [4.69, 9.17) is 4.42 Å². The maximum atomic E-state index is 11.7. The topological polar surface area (TPSA) is 88.2 Å². The number of Topliss-reactive ketones (excluding diaryl/α,β-unsaturated/α-hetero) is 1. The fourth-order valence-corrected chi connectivity index (χ4v) is 2.16. The van der Waals surface area contributed by atoms with E-state index in [1.807, 2.05) is 6.92 Å². The largest absolute Gasteiger partial charge is 0.442 e. The maximum absolute atomic E-state index is 11.7. The highest BCUT2D eigenvalue weighted by Gasteiger charge is 2.19. The molecule has 0 spiro atoms. The number of ketones is 1. The summed E-state index contributed by atoms with van der Waals surface area (Å²) < 4.78 is 5.49. The molecule has 6 nitrogen and oxygen atoms in total. The van der Waals surface area contributed by atoms with Crippen LogP contribution in [-0.4, -0.2) is 33.5 Å². The third-order valence-corrected chi connectivity index (χ3v) is 3.26. The summed E-state index contributed by atoms with van der Waals surface area (Å²) in [5.41, 5.74) is 0.917. The van der Waals surface area contributed by atoms with E-state index in [0.717, 1.165) is 0 Å². The van der Waals surface area contributed by atoms with Gasteiger partial charge < -0.3 is 14.8 Å². The third-order valence-electron chi connectivity index (χ3n) is 3.26. The summed E-state index contributed by atoms with van der Waals surface area (Å²) in [6.45, 7) is 5.74. The van der Waals surface area contributed by atoms with E-state index < -0.39 is 0 Å². The van der Waals surface area contributed by atoms with Crippen molar-refractivity contribution in [3.05, 3.63) is 17.7 Å². The van der Waals surface area contributed by atoms with Crippen LogP contribution in [0.4, 0.5) is 5.82 Å². The van der Waals surface area contributed by atoms with Crippen molar-refractivity contribution in [2.24, 2.45) is 0 Å². The van der Waals surface area contributed by atoms with E-state index in [1.165, 1.54) is 13.3 Å². The molecule has 1 atom stereocenters. The first-order valence-electron chi connectivity index (χ1n) is 6.71. The molecule has 20 heavy (non-hydrogen) atoms. The zero-order valence-corrected chi connectivity index (χ0v) is 11.9. The van der Waals surface area contributed by atoms with Crippen LogP contribution in [0.15, 0.2) is 10.7 Å². The van der Waals surface area contributed by atoms with Crippen molar-refractivity contribution in [1.29, 1.82) is 0 Å².